The number of hydrogen-bond acceptors (Lipinski definition) is 2. The van der Waals surface area contributed by atoms with Gasteiger partial charge < -0.3 is 14.4 Å². The first kappa shape index (κ1) is 37.2. The van der Waals surface area contributed by atoms with E-state index in [4.69, 9.17) is 0 Å². The van der Waals surface area contributed by atoms with Gasteiger partial charge in [0.25, 0.3) is 0 Å². The van der Waals surface area contributed by atoms with Gasteiger partial charge in [0.05, 0.1) is 22.4 Å². The summed E-state index contributed by atoms with van der Waals surface area (Å²) in [5.41, 5.74) is 20.4. The SMILES string of the molecule is CC1(C)c2ccccc2-c2ccc(N(c3ccc4c(c3)C(C)(C)c3ccccc3-4)c3cc(N(c4ccccc4)c4ccccc4)c4c5ccccc5n(-c5ccccc5)c4c3)cc21. The zero-order valence-electron chi connectivity index (χ0n) is 36.0. The van der Waals surface area contributed by atoms with Crippen LogP contribution in [0.25, 0.3) is 49.7 Å². The third-order valence-corrected chi connectivity index (χ3v) is 13.9. The number of rotatable bonds is 7. The fourth-order valence-corrected chi connectivity index (χ4v) is 10.9. The quantitative estimate of drug-likeness (QED) is 0.159. The molecule has 1 heterocycles. The summed E-state index contributed by atoms with van der Waals surface area (Å²) in [6.07, 6.45) is 0. The predicted octanol–water partition coefficient (Wildman–Crippen LogP) is 16.3. The van der Waals surface area contributed by atoms with Gasteiger partial charge in [-0.3, -0.25) is 0 Å². The van der Waals surface area contributed by atoms with Gasteiger partial charge in [0.1, 0.15) is 0 Å². The molecule has 9 aromatic carbocycles. The number of aromatic nitrogens is 1. The molecule has 0 amide bonds. The van der Waals surface area contributed by atoms with Crippen LogP contribution in [0.2, 0.25) is 0 Å². The van der Waals surface area contributed by atoms with Crippen LogP contribution in [0, 0.1) is 0 Å². The number of anilines is 6. The second kappa shape index (κ2) is 14.0. The van der Waals surface area contributed by atoms with Gasteiger partial charge in [0, 0.05) is 50.0 Å². The Morgan fingerprint density at radius 1 is 0.333 bits per heavy atom. The van der Waals surface area contributed by atoms with E-state index < -0.39 is 0 Å². The predicted molar refractivity (Wildman–Crippen MR) is 265 cm³/mol. The van der Waals surface area contributed by atoms with Crippen molar-refractivity contribution in [3.63, 3.8) is 0 Å². The third kappa shape index (κ3) is 5.59. The largest absolute Gasteiger partial charge is 0.310 e. The lowest BCUT2D eigenvalue weighted by Crippen LogP contribution is -2.18. The summed E-state index contributed by atoms with van der Waals surface area (Å²) >= 11 is 0. The maximum Gasteiger partial charge on any atom is 0.0583 e. The highest BCUT2D eigenvalue weighted by molar-refractivity contribution is 6.18. The van der Waals surface area contributed by atoms with Crippen LogP contribution in [0.15, 0.2) is 212 Å². The van der Waals surface area contributed by atoms with Crippen molar-refractivity contribution in [1.82, 2.24) is 4.57 Å². The van der Waals surface area contributed by atoms with E-state index in [1.54, 1.807) is 0 Å². The molecule has 3 nitrogen and oxygen atoms in total. The average Bonchev–Trinajstić information content (AvgIpc) is 3.87. The Labute approximate surface area is 369 Å². The maximum absolute atomic E-state index is 2.52. The summed E-state index contributed by atoms with van der Waals surface area (Å²) in [6.45, 7) is 9.50. The van der Waals surface area contributed by atoms with Gasteiger partial charge in [0.2, 0.25) is 0 Å². The summed E-state index contributed by atoms with van der Waals surface area (Å²) in [6, 6.07) is 78.4. The van der Waals surface area contributed by atoms with Crippen molar-refractivity contribution in [2.75, 3.05) is 9.80 Å². The van der Waals surface area contributed by atoms with Crippen LogP contribution in [-0.2, 0) is 10.8 Å². The molecule has 0 radical (unpaired) electrons. The molecule has 0 bridgehead atoms. The van der Waals surface area contributed by atoms with E-state index >= 15 is 0 Å². The van der Waals surface area contributed by atoms with Gasteiger partial charge in [-0.05, 0) is 123 Å². The lowest BCUT2D eigenvalue weighted by atomic mass is 9.82. The smallest absolute Gasteiger partial charge is 0.0583 e. The second-order valence-corrected chi connectivity index (χ2v) is 18.2. The van der Waals surface area contributed by atoms with E-state index in [-0.39, 0.29) is 10.8 Å². The van der Waals surface area contributed by atoms with Crippen molar-refractivity contribution in [1.29, 1.82) is 0 Å². The van der Waals surface area contributed by atoms with Crippen molar-refractivity contribution in [2.24, 2.45) is 0 Å². The van der Waals surface area contributed by atoms with Crippen LogP contribution in [0.4, 0.5) is 34.1 Å². The minimum absolute atomic E-state index is 0.165. The Balaban J connectivity index is 1.19. The van der Waals surface area contributed by atoms with Gasteiger partial charge in [-0.1, -0.05) is 161 Å². The minimum atomic E-state index is -0.165. The van der Waals surface area contributed by atoms with Gasteiger partial charge in [-0.25, -0.2) is 0 Å². The highest BCUT2D eigenvalue weighted by Crippen LogP contribution is 2.54. The lowest BCUT2D eigenvalue weighted by molar-refractivity contribution is 0.660. The molecule has 1 aromatic heterocycles. The number of nitrogens with zero attached hydrogens (tertiary/aromatic N) is 3. The molecule has 0 spiro atoms. The minimum Gasteiger partial charge on any atom is -0.310 e. The number of para-hydroxylation sites is 4. The average molecular weight is 810 g/mol. The normalized spacial score (nSPS) is 14.0. The van der Waals surface area contributed by atoms with Crippen molar-refractivity contribution in [3.8, 4) is 27.9 Å². The molecule has 0 N–H and O–H groups in total. The number of hydrogen-bond donors (Lipinski definition) is 0. The molecule has 0 saturated heterocycles. The first-order chi connectivity index (χ1) is 30.8. The molecular weight excluding hydrogens is 763 g/mol. The maximum atomic E-state index is 2.52. The molecule has 12 rings (SSSR count). The van der Waals surface area contributed by atoms with E-state index in [1.165, 1.54) is 60.8 Å². The van der Waals surface area contributed by atoms with E-state index in [0.29, 0.717) is 0 Å². The highest BCUT2D eigenvalue weighted by atomic mass is 15.2. The van der Waals surface area contributed by atoms with Crippen LogP contribution >= 0.6 is 0 Å². The van der Waals surface area contributed by atoms with Gasteiger partial charge >= 0.3 is 0 Å². The van der Waals surface area contributed by atoms with Crippen LogP contribution in [0.3, 0.4) is 0 Å². The van der Waals surface area contributed by atoms with E-state index in [1.807, 2.05) is 0 Å². The van der Waals surface area contributed by atoms with Crippen LogP contribution in [-0.4, -0.2) is 4.57 Å². The van der Waals surface area contributed by atoms with Crippen molar-refractivity contribution in [3.05, 3.63) is 235 Å². The molecule has 0 atom stereocenters. The summed E-state index contributed by atoms with van der Waals surface area (Å²) in [7, 11) is 0. The van der Waals surface area contributed by atoms with Gasteiger partial charge in [-0.15, -0.1) is 0 Å². The number of fused-ring (bicyclic) bond motifs is 9. The molecule has 2 aliphatic carbocycles. The van der Waals surface area contributed by atoms with Crippen LogP contribution in [0.5, 0.6) is 0 Å². The highest BCUT2D eigenvalue weighted by Gasteiger charge is 2.38. The van der Waals surface area contributed by atoms with Gasteiger partial charge in [-0.2, -0.15) is 0 Å². The second-order valence-electron chi connectivity index (χ2n) is 18.2. The Morgan fingerprint density at radius 2 is 0.794 bits per heavy atom. The molecule has 0 aliphatic heterocycles. The Morgan fingerprint density at radius 3 is 1.35 bits per heavy atom. The van der Waals surface area contributed by atoms with Crippen LogP contribution < -0.4 is 9.80 Å². The van der Waals surface area contributed by atoms with Crippen molar-refractivity contribution < 1.29 is 0 Å². The summed E-state index contributed by atoms with van der Waals surface area (Å²) < 4.78 is 2.45. The topological polar surface area (TPSA) is 11.4 Å². The van der Waals surface area contributed by atoms with Crippen LogP contribution in [0.1, 0.15) is 49.9 Å². The molecule has 0 saturated carbocycles. The van der Waals surface area contributed by atoms with Gasteiger partial charge in [0.15, 0.2) is 0 Å². The molecule has 0 unspecified atom stereocenters. The summed E-state index contributed by atoms with van der Waals surface area (Å²) in [4.78, 5) is 4.96. The Kier molecular flexibility index (Phi) is 8.23. The first-order valence-electron chi connectivity index (χ1n) is 22.1. The summed E-state index contributed by atoms with van der Waals surface area (Å²) in [5.74, 6) is 0. The zero-order chi connectivity index (χ0) is 42.5. The fraction of sp³-hybridized carbons (Fsp3) is 0.100. The molecule has 3 heteroatoms. The third-order valence-electron chi connectivity index (χ3n) is 13.9. The Hall–Kier alpha value is -7.62. The molecular formula is C60H47N3. The molecule has 10 aromatic rings. The molecule has 2 aliphatic rings. The summed E-state index contributed by atoms with van der Waals surface area (Å²) in [5, 5.41) is 2.40. The monoisotopic (exact) mass is 809 g/mol. The lowest BCUT2D eigenvalue weighted by Gasteiger charge is -2.32. The zero-order valence-corrected chi connectivity index (χ0v) is 36.0. The van der Waals surface area contributed by atoms with Crippen molar-refractivity contribution in [2.45, 2.75) is 38.5 Å². The molecule has 63 heavy (non-hydrogen) atoms. The van der Waals surface area contributed by atoms with E-state index in [2.05, 4.69) is 254 Å². The fourth-order valence-electron chi connectivity index (χ4n) is 10.9. The standard InChI is InChI=1S/C60H47N3/c1-59(2)51-29-17-14-26-46(51)48-34-32-43(36-53(48)59)61(44-33-35-49-47-27-15-18-30-52(47)60(3,4)54(49)37-44)45-38-56(62(40-20-8-5-9-21-40)41-22-10-6-11-23-41)58-50-28-16-19-31-55(50)63(57(58)39-45)42-24-12-7-13-25-42/h5-39H,1-4H3. The Bertz CT molecular complexity index is 3250. The first-order valence-corrected chi connectivity index (χ1v) is 22.1. The molecule has 0 fully saturated rings. The van der Waals surface area contributed by atoms with Crippen molar-refractivity contribution >= 4 is 55.9 Å². The number of benzene rings is 9. The van der Waals surface area contributed by atoms with E-state index in [0.717, 1.165) is 45.3 Å². The van der Waals surface area contributed by atoms with E-state index in [9.17, 15) is 0 Å². The molecule has 302 valence electrons.